The number of rotatable bonds is 7. The molecular formula is C21H30N4OS. The zero-order valence-corrected chi connectivity index (χ0v) is 17.1. The first-order chi connectivity index (χ1) is 13.2. The number of aliphatic imine (C=N–C) groups is 1. The quantitative estimate of drug-likeness (QED) is 0.506. The summed E-state index contributed by atoms with van der Waals surface area (Å²) in [5.41, 5.74) is 4.10. The average Bonchev–Trinajstić information content (AvgIpc) is 3.09. The molecule has 0 saturated heterocycles. The number of fused-ring (bicyclic) bond motifs is 1. The molecule has 1 atom stereocenters. The van der Waals surface area contributed by atoms with Gasteiger partial charge in [-0.25, -0.2) is 4.99 Å². The van der Waals surface area contributed by atoms with E-state index in [-0.39, 0.29) is 0 Å². The Labute approximate surface area is 166 Å². The van der Waals surface area contributed by atoms with E-state index in [1.165, 1.54) is 21.6 Å². The van der Waals surface area contributed by atoms with Crippen molar-refractivity contribution >= 4 is 17.3 Å². The van der Waals surface area contributed by atoms with Crippen LogP contribution in [0.4, 0.5) is 0 Å². The van der Waals surface area contributed by atoms with Crippen LogP contribution in [-0.2, 0) is 19.5 Å². The molecule has 0 bridgehead atoms. The molecule has 1 unspecified atom stereocenters. The molecule has 1 aromatic heterocycles. The van der Waals surface area contributed by atoms with Crippen molar-refractivity contribution in [3.8, 4) is 0 Å². The Bertz CT molecular complexity index is 758. The van der Waals surface area contributed by atoms with Crippen molar-refractivity contribution in [3.63, 3.8) is 0 Å². The summed E-state index contributed by atoms with van der Waals surface area (Å²) >= 11 is 1.73. The van der Waals surface area contributed by atoms with Gasteiger partial charge in [-0.05, 0) is 48.4 Å². The first kappa shape index (κ1) is 19.9. The van der Waals surface area contributed by atoms with Crippen molar-refractivity contribution in [1.82, 2.24) is 15.5 Å². The summed E-state index contributed by atoms with van der Waals surface area (Å²) in [5, 5.41) is 19.1. The van der Waals surface area contributed by atoms with Gasteiger partial charge in [-0.1, -0.05) is 24.3 Å². The summed E-state index contributed by atoms with van der Waals surface area (Å²) in [6, 6.07) is 10.7. The predicted molar refractivity (Wildman–Crippen MR) is 113 cm³/mol. The Morgan fingerprint density at radius 1 is 1.26 bits per heavy atom. The van der Waals surface area contributed by atoms with Gasteiger partial charge in [-0.2, -0.15) is 0 Å². The fourth-order valence-electron chi connectivity index (χ4n) is 3.35. The number of benzene rings is 1. The van der Waals surface area contributed by atoms with Crippen LogP contribution in [-0.4, -0.2) is 48.2 Å². The predicted octanol–water partition coefficient (Wildman–Crippen LogP) is 2.53. The van der Waals surface area contributed by atoms with Crippen LogP contribution in [0.3, 0.4) is 0 Å². The second-order valence-electron chi connectivity index (χ2n) is 7.01. The number of hydrogen-bond acceptors (Lipinski definition) is 4. The summed E-state index contributed by atoms with van der Waals surface area (Å²) < 4.78 is 0. The number of nitrogens with zero attached hydrogens (tertiary/aromatic N) is 2. The first-order valence-electron chi connectivity index (χ1n) is 9.68. The second kappa shape index (κ2) is 9.88. The van der Waals surface area contributed by atoms with Crippen LogP contribution in [0.15, 0.2) is 40.7 Å². The highest BCUT2D eigenvalue weighted by atomic mass is 32.1. The second-order valence-corrected chi connectivity index (χ2v) is 8.01. The number of aliphatic hydroxyl groups is 1. The number of aryl methyl sites for hydroxylation is 1. The van der Waals surface area contributed by atoms with Crippen molar-refractivity contribution < 1.29 is 5.11 Å². The van der Waals surface area contributed by atoms with Gasteiger partial charge in [0.15, 0.2) is 5.96 Å². The summed E-state index contributed by atoms with van der Waals surface area (Å²) in [7, 11) is 0. The van der Waals surface area contributed by atoms with E-state index in [0.29, 0.717) is 19.6 Å². The molecule has 3 N–H and O–H groups in total. The van der Waals surface area contributed by atoms with Crippen LogP contribution < -0.4 is 10.6 Å². The third-order valence-corrected chi connectivity index (χ3v) is 5.88. The Morgan fingerprint density at radius 2 is 2.07 bits per heavy atom. The van der Waals surface area contributed by atoms with E-state index >= 15 is 0 Å². The molecule has 2 aromatic rings. The van der Waals surface area contributed by atoms with Crippen molar-refractivity contribution in [2.24, 2.45) is 4.99 Å². The molecule has 1 aliphatic rings. The Morgan fingerprint density at radius 3 is 2.81 bits per heavy atom. The number of hydrogen-bond donors (Lipinski definition) is 3. The number of aliphatic hydroxyl groups excluding tert-OH is 1. The van der Waals surface area contributed by atoms with Crippen LogP contribution in [0.2, 0.25) is 0 Å². The smallest absolute Gasteiger partial charge is 0.191 e. The van der Waals surface area contributed by atoms with Gasteiger partial charge in [0.25, 0.3) is 0 Å². The van der Waals surface area contributed by atoms with Crippen LogP contribution in [0, 0.1) is 6.92 Å². The Balaban J connectivity index is 1.48. The fraction of sp³-hybridized carbons (Fsp3) is 0.476. The van der Waals surface area contributed by atoms with Crippen LogP contribution in [0.25, 0.3) is 0 Å². The maximum absolute atomic E-state index is 10.5. The van der Waals surface area contributed by atoms with E-state index < -0.39 is 6.10 Å². The molecule has 0 amide bonds. The molecule has 3 rings (SSSR count). The topological polar surface area (TPSA) is 59.9 Å². The minimum atomic E-state index is -0.428. The molecule has 146 valence electrons. The lowest BCUT2D eigenvalue weighted by Crippen LogP contribution is -2.45. The highest BCUT2D eigenvalue weighted by Gasteiger charge is 2.18. The maximum atomic E-state index is 10.5. The molecule has 27 heavy (non-hydrogen) atoms. The number of guanidine groups is 1. The average molecular weight is 387 g/mol. The maximum Gasteiger partial charge on any atom is 0.191 e. The standard InChI is InChI=1S/C21H30N4OS/c1-3-22-21(24-13-20-16(2)9-11-27-20)23-12-19(26)15-25-10-8-17-6-4-5-7-18(17)14-25/h4-7,9,11,19,26H,3,8,10,12-15H2,1-2H3,(H2,22,23,24). The van der Waals surface area contributed by atoms with Crippen molar-refractivity contribution in [2.75, 3.05) is 26.2 Å². The molecule has 2 heterocycles. The van der Waals surface area contributed by atoms with Gasteiger partial charge < -0.3 is 15.7 Å². The molecule has 1 aliphatic heterocycles. The lowest BCUT2D eigenvalue weighted by atomic mass is 10.00. The molecule has 0 radical (unpaired) electrons. The van der Waals surface area contributed by atoms with Crippen LogP contribution in [0.5, 0.6) is 0 Å². The molecule has 0 saturated carbocycles. The van der Waals surface area contributed by atoms with E-state index in [1.807, 2.05) is 0 Å². The van der Waals surface area contributed by atoms with E-state index in [1.54, 1.807) is 11.3 Å². The van der Waals surface area contributed by atoms with Gasteiger partial charge in [0.1, 0.15) is 0 Å². The van der Waals surface area contributed by atoms with Crippen molar-refractivity contribution in [1.29, 1.82) is 0 Å². The molecule has 0 aliphatic carbocycles. The minimum absolute atomic E-state index is 0.428. The molecule has 6 heteroatoms. The molecule has 1 aromatic carbocycles. The van der Waals surface area contributed by atoms with Crippen LogP contribution in [0.1, 0.15) is 28.5 Å². The van der Waals surface area contributed by atoms with Crippen molar-refractivity contribution in [2.45, 2.75) is 39.5 Å². The van der Waals surface area contributed by atoms with E-state index in [0.717, 1.165) is 32.0 Å². The highest BCUT2D eigenvalue weighted by Crippen LogP contribution is 2.18. The first-order valence-corrected chi connectivity index (χ1v) is 10.6. The highest BCUT2D eigenvalue weighted by molar-refractivity contribution is 7.10. The lowest BCUT2D eigenvalue weighted by Gasteiger charge is -2.30. The third-order valence-electron chi connectivity index (χ3n) is 4.88. The van der Waals surface area contributed by atoms with E-state index in [9.17, 15) is 5.11 Å². The van der Waals surface area contributed by atoms with Gasteiger partial charge in [-0.3, -0.25) is 4.90 Å². The summed E-state index contributed by atoms with van der Waals surface area (Å²) in [4.78, 5) is 8.25. The van der Waals surface area contributed by atoms with Crippen molar-refractivity contribution in [3.05, 3.63) is 57.3 Å². The van der Waals surface area contributed by atoms with Gasteiger partial charge >= 0.3 is 0 Å². The van der Waals surface area contributed by atoms with Gasteiger partial charge in [0.2, 0.25) is 0 Å². The molecule has 0 spiro atoms. The van der Waals surface area contributed by atoms with Gasteiger partial charge in [0.05, 0.1) is 12.6 Å². The molecular weight excluding hydrogens is 356 g/mol. The normalized spacial score (nSPS) is 16.0. The number of β-amino-alcohol motifs (C(OH)–C–C–N with tert-alkyl or cyclic N) is 1. The van der Waals surface area contributed by atoms with Gasteiger partial charge in [-0.15, -0.1) is 11.3 Å². The number of thiophene rings is 1. The van der Waals surface area contributed by atoms with Crippen LogP contribution >= 0.6 is 11.3 Å². The summed E-state index contributed by atoms with van der Waals surface area (Å²) in [6.07, 6.45) is 0.628. The van der Waals surface area contributed by atoms with E-state index in [4.69, 9.17) is 0 Å². The fourth-order valence-corrected chi connectivity index (χ4v) is 4.18. The monoisotopic (exact) mass is 386 g/mol. The van der Waals surface area contributed by atoms with E-state index in [2.05, 4.69) is 70.1 Å². The minimum Gasteiger partial charge on any atom is -0.390 e. The largest absolute Gasteiger partial charge is 0.390 e. The Hall–Kier alpha value is -1.89. The third kappa shape index (κ3) is 5.79. The van der Waals surface area contributed by atoms with Gasteiger partial charge in [0, 0.05) is 37.6 Å². The summed E-state index contributed by atoms with van der Waals surface area (Å²) in [5.74, 6) is 0.758. The zero-order valence-electron chi connectivity index (χ0n) is 16.2. The molecule has 5 nitrogen and oxygen atoms in total. The lowest BCUT2D eigenvalue weighted by molar-refractivity contribution is 0.108. The molecule has 0 fully saturated rings. The zero-order chi connectivity index (χ0) is 19.1. The SMILES string of the molecule is CCNC(=NCc1sccc1C)NCC(O)CN1CCc2ccccc2C1. The summed E-state index contributed by atoms with van der Waals surface area (Å²) in [6.45, 7) is 8.71. The Kier molecular flexibility index (Phi) is 7.26. The number of nitrogens with one attached hydrogen (secondary N) is 2.